The van der Waals surface area contributed by atoms with Gasteiger partial charge in [0.2, 0.25) is 0 Å². The summed E-state index contributed by atoms with van der Waals surface area (Å²) in [5.74, 6) is 0. The molecule has 0 saturated carbocycles. The molecule has 2 aliphatic carbocycles. The molecule has 2 heterocycles. The second kappa shape index (κ2) is 16.0. The Hall–Kier alpha value is -9.44. The van der Waals surface area contributed by atoms with Gasteiger partial charge in [0.25, 0.3) is 0 Å². The van der Waals surface area contributed by atoms with Gasteiger partial charge in [-0.1, -0.05) is 234 Å². The molecule has 0 amide bonds. The molecule has 0 spiro atoms. The van der Waals surface area contributed by atoms with Crippen LogP contribution in [0.15, 0.2) is 245 Å². The normalized spacial score (nSPS) is 13.9. The second-order valence-electron chi connectivity index (χ2n) is 22.2. The van der Waals surface area contributed by atoms with Crippen LogP contribution < -0.4 is 4.90 Å². The fourth-order valence-corrected chi connectivity index (χ4v) is 14.1. The molecule has 0 radical (unpaired) electrons. The smallest absolute Gasteiger partial charge is 0.138 e. The SMILES string of the molecule is CC1(C)c2ccccc2-c2c(-c3ccccc3)cc3oc4cc(N(c5ccccc5-c5ccccc5)c5cc6oc7cc(-c8ccccc8)c8c(c7c6c6ccccc56)C(C)(C)c5ccccc5-8)c5ccccc5c4c3c21. The molecule has 0 fully saturated rings. The third-order valence-corrected chi connectivity index (χ3v) is 17.4. The zero-order chi connectivity index (χ0) is 51.3. The number of nitrogens with zero attached hydrogens (tertiary/aromatic N) is 1. The standard InChI is InChI=1S/C74H51NO2/c1-73(2)56-37-21-18-35-52(56)65-54(45-26-10-6-11-27-45)40-61-69(71(65)73)67-50-33-16-14-31-48(50)59(42-63(67)76-61)75(58-39-23-20-30-47(58)44-24-8-5-9-25-44)60-43-64-68(51-34-17-15-32-49(51)60)70-62(77-64)41-55(46-28-12-7-13-29-46)66-53-36-19-22-38-57(53)74(3,4)72(66)70/h5-43H,1-4H3. The number of furan rings is 2. The molecule has 0 N–H and O–H groups in total. The van der Waals surface area contributed by atoms with Gasteiger partial charge in [-0.3, -0.25) is 0 Å². The number of benzene rings is 12. The van der Waals surface area contributed by atoms with Crippen molar-refractivity contribution in [1.82, 2.24) is 0 Å². The van der Waals surface area contributed by atoms with E-state index >= 15 is 0 Å². The van der Waals surface area contributed by atoms with Crippen molar-refractivity contribution in [3.63, 3.8) is 0 Å². The first-order valence-corrected chi connectivity index (χ1v) is 26.9. The maximum atomic E-state index is 7.41. The van der Waals surface area contributed by atoms with E-state index in [0.717, 1.165) is 82.8 Å². The van der Waals surface area contributed by atoms with Crippen LogP contribution in [0, 0.1) is 0 Å². The number of hydrogen-bond donors (Lipinski definition) is 0. The minimum Gasteiger partial charge on any atom is -0.456 e. The molecule has 3 heteroatoms. The molecule has 77 heavy (non-hydrogen) atoms. The topological polar surface area (TPSA) is 29.5 Å². The fraction of sp³-hybridized carbons (Fsp3) is 0.0811. The summed E-state index contributed by atoms with van der Waals surface area (Å²) in [6, 6.07) is 86.5. The maximum Gasteiger partial charge on any atom is 0.138 e. The second-order valence-corrected chi connectivity index (χ2v) is 22.2. The van der Waals surface area contributed by atoms with E-state index in [2.05, 4.69) is 269 Å². The highest BCUT2D eigenvalue weighted by atomic mass is 16.3. The van der Waals surface area contributed by atoms with E-state index in [1.54, 1.807) is 0 Å². The highest BCUT2D eigenvalue weighted by molar-refractivity contribution is 6.28. The average molecular weight is 986 g/mol. The van der Waals surface area contributed by atoms with E-state index < -0.39 is 0 Å². The molecule has 2 aliphatic rings. The van der Waals surface area contributed by atoms with Crippen molar-refractivity contribution in [2.45, 2.75) is 38.5 Å². The number of hydrogen-bond acceptors (Lipinski definition) is 3. The summed E-state index contributed by atoms with van der Waals surface area (Å²) in [5, 5.41) is 9.16. The molecule has 14 aromatic rings. The van der Waals surface area contributed by atoms with Crippen LogP contribution in [0.2, 0.25) is 0 Å². The van der Waals surface area contributed by atoms with E-state index in [1.165, 1.54) is 77.5 Å². The van der Waals surface area contributed by atoms with E-state index in [9.17, 15) is 0 Å². The number of fused-ring (bicyclic) bond motifs is 18. The lowest BCUT2D eigenvalue weighted by molar-refractivity contribution is 0.657. The van der Waals surface area contributed by atoms with Crippen LogP contribution in [0.4, 0.5) is 17.1 Å². The van der Waals surface area contributed by atoms with Crippen LogP contribution >= 0.6 is 0 Å². The van der Waals surface area contributed by atoms with E-state index in [1.807, 2.05) is 0 Å². The summed E-state index contributed by atoms with van der Waals surface area (Å²) in [7, 11) is 0. The summed E-state index contributed by atoms with van der Waals surface area (Å²) >= 11 is 0. The minimum atomic E-state index is -0.299. The lowest BCUT2D eigenvalue weighted by Gasteiger charge is -2.30. The van der Waals surface area contributed by atoms with Crippen LogP contribution in [0.1, 0.15) is 49.9 Å². The van der Waals surface area contributed by atoms with Crippen molar-refractivity contribution in [3.05, 3.63) is 259 Å². The Morgan fingerprint density at radius 2 is 0.623 bits per heavy atom. The van der Waals surface area contributed by atoms with Crippen molar-refractivity contribution in [2.75, 3.05) is 4.90 Å². The lowest BCUT2D eigenvalue weighted by atomic mass is 9.79. The monoisotopic (exact) mass is 985 g/mol. The van der Waals surface area contributed by atoms with Gasteiger partial charge in [0, 0.05) is 60.8 Å². The third-order valence-electron chi connectivity index (χ3n) is 17.4. The van der Waals surface area contributed by atoms with Crippen LogP contribution in [0.3, 0.4) is 0 Å². The quantitative estimate of drug-likeness (QED) is 0.166. The summed E-state index contributed by atoms with van der Waals surface area (Å²) in [4.78, 5) is 2.49. The van der Waals surface area contributed by atoms with Crippen molar-refractivity contribution in [1.29, 1.82) is 0 Å². The summed E-state index contributed by atoms with van der Waals surface area (Å²) in [6.07, 6.45) is 0. The molecule has 0 bridgehead atoms. The number of anilines is 3. The molecular weight excluding hydrogens is 935 g/mol. The molecule has 0 atom stereocenters. The van der Waals surface area contributed by atoms with Crippen molar-refractivity contribution >= 4 is 82.5 Å². The Kier molecular flexibility index (Phi) is 9.15. The van der Waals surface area contributed by atoms with Crippen LogP contribution in [0.25, 0.3) is 121 Å². The highest BCUT2D eigenvalue weighted by Crippen LogP contribution is 2.60. The van der Waals surface area contributed by atoms with E-state index in [0.29, 0.717) is 0 Å². The first-order valence-electron chi connectivity index (χ1n) is 26.9. The summed E-state index contributed by atoms with van der Waals surface area (Å²) in [6.45, 7) is 9.55. The van der Waals surface area contributed by atoms with Crippen LogP contribution in [-0.2, 0) is 10.8 Å². The number of rotatable bonds is 6. The predicted molar refractivity (Wildman–Crippen MR) is 322 cm³/mol. The molecule has 2 aromatic heterocycles. The zero-order valence-electron chi connectivity index (χ0n) is 43.3. The Balaban J connectivity index is 1.03. The first kappa shape index (κ1) is 43.9. The van der Waals surface area contributed by atoms with Gasteiger partial charge >= 0.3 is 0 Å². The highest BCUT2D eigenvalue weighted by Gasteiger charge is 2.42. The van der Waals surface area contributed by atoms with Crippen LogP contribution in [-0.4, -0.2) is 0 Å². The van der Waals surface area contributed by atoms with E-state index in [4.69, 9.17) is 8.83 Å². The third kappa shape index (κ3) is 6.08. The average Bonchev–Trinajstić information content (AvgIpc) is 4.23. The Morgan fingerprint density at radius 1 is 0.286 bits per heavy atom. The Bertz CT molecular complexity index is 4520. The fourth-order valence-electron chi connectivity index (χ4n) is 14.1. The molecular formula is C74H51NO2. The van der Waals surface area contributed by atoms with Gasteiger partial charge in [-0.2, -0.15) is 0 Å². The van der Waals surface area contributed by atoms with Crippen LogP contribution in [0.5, 0.6) is 0 Å². The van der Waals surface area contributed by atoms with Crippen molar-refractivity contribution in [2.24, 2.45) is 0 Å². The van der Waals surface area contributed by atoms with Gasteiger partial charge in [0.05, 0.1) is 17.1 Å². The van der Waals surface area contributed by atoms with Gasteiger partial charge in [-0.15, -0.1) is 0 Å². The van der Waals surface area contributed by atoms with Gasteiger partial charge < -0.3 is 13.7 Å². The van der Waals surface area contributed by atoms with E-state index in [-0.39, 0.29) is 10.8 Å². The number of para-hydroxylation sites is 1. The lowest BCUT2D eigenvalue weighted by Crippen LogP contribution is -2.15. The Labute approximate surface area is 446 Å². The molecule has 364 valence electrons. The summed E-state index contributed by atoms with van der Waals surface area (Å²) < 4.78 is 14.8. The van der Waals surface area contributed by atoms with Crippen molar-refractivity contribution < 1.29 is 8.83 Å². The maximum absolute atomic E-state index is 7.41. The largest absolute Gasteiger partial charge is 0.456 e. The molecule has 0 aliphatic heterocycles. The molecule has 0 unspecified atom stereocenters. The molecule has 3 nitrogen and oxygen atoms in total. The first-order chi connectivity index (χ1) is 37.8. The minimum absolute atomic E-state index is 0.299. The van der Waals surface area contributed by atoms with Gasteiger partial charge in [0.1, 0.15) is 22.3 Å². The predicted octanol–water partition coefficient (Wildman–Crippen LogP) is 20.9. The zero-order valence-corrected chi connectivity index (χ0v) is 43.3. The summed E-state index contributed by atoms with van der Waals surface area (Å²) in [5.41, 5.74) is 23.4. The van der Waals surface area contributed by atoms with Gasteiger partial charge in [0.15, 0.2) is 0 Å². The van der Waals surface area contributed by atoms with Crippen molar-refractivity contribution in [3.8, 4) is 55.6 Å². The Morgan fingerprint density at radius 3 is 1.06 bits per heavy atom. The van der Waals surface area contributed by atoms with Gasteiger partial charge in [-0.25, -0.2) is 0 Å². The molecule has 16 rings (SSSR count). The molecule has 12 aromatic carbocycles. The van der Waals surface area contributed by atoms with Gasteiger partial charge in [-0.05, 0) is 101 Å². The molecule has 0 saturated heterocycles.